The number of imide groups is 1. The molecule has 0 radical (unpaired) electrons. The zero-order chi connectivity index (χ0) is 40.7. The molecule has 4 fully saturated rings. The van der Waals surface area contributed by atoms with E-state index in [1.165, 1.54) is 22.3 Å². The average Bonchev–Trinajstić information content (AvgIpc) is 3.83. The molecule has 4 aromatic carbocycles. The van der Waals surface area contributed by atoms with Crippen molar-refractivity contribution in [2.75, 3.05) is 69.4 Å². The lowest BCUT2D eigenvalue weighted by atomic mass is 9.69. The number of benzene rings is 4. The molecule has 60 heavy (non-hydrogen) atoms. The normalized spacial score (nSPS) is 26.8. The summed E-state index contributed by atoms with van der Waals surface area (Å²) in [4.78, 5) is 46.8. The van der Waals surface area contributed by atoms with Crippen molar-refractivity contribution >= 4 is 29.1 Å². The smallest absolute Gasteiger partial charge is 0.255 e. The van der Waals surface area contributed by atoms with Crippen molar-refractivity contribution in [2.45, 2.75) is 68.2 Å². The van der Waals surface area contributed by atoms with E-state index >= 15 is 0 Å². The zero-order valence-electron chi connectivity index (χ0n) is 34.0. The van der Waals surface area contributed by atoms with Crippen LogP contribution in [0.1, 0.15) is 75.7 Å². The molecule has 3 amide bonds. The first-order valence-electron chi connectivity index (χ1n) is 21.6. The van der Waals surface area contributed by atoms with Crippen molar-refractivity contribution in [3.8, 4) is 17.2 Å². The van der Waals surface area contributed by atoms with Crippen LogP contribution in [0.15, 0.2) is 78.9 Å². The zero-order valence-corrected chi connectivity index (χ0v) is 34.0. The van der Waals surface area contributed by atoms with Gasteiger partial charge in [0, 0.05) is 80.1 Å². The molecule has 4 aromatic rings. The van der Waals surface area contributed by atoms with Gasteiger partial charge in [-0.25, -0.2) is 0 Å². The van der Waals surface area contributed by atoms with E-state index in [9.17, 15) is 19.5 Å². The first kappa shape index (κ1) is 37.4. The van der Waals surface area contributed by atoms with Crippen LogP contribution in [0.4, 0.5) is 11.4 Å². The number of anilines is 2. The van der Waals surface area contributed by atoms with E-state index < -0.39 is 11.9 Å². The monoisotopic (exact) mass is 809 g/mol. The minimum absolute atomic E-state index is 0.114. The molecule has 1 spiro atoms. The predicted octanol–water partition coefficient (Wildman–Crippen LogP) is 5.20. The van der Waals surface area contributed by atoms with Crippen molar-refractivity contribution in [1.29, 1.82) is 0 Å². The standard InChI is InChI=1S/C48H51N5O7/c1-58-42-20-32(8-11-38(42)44-35(30-5-3-2-4-6-30)10-7-31-19-34(54)9-12-36(31)44)51-27-48(28-51)21-29(25-60-48)22-50-17-18-52-33(23-50)26-59-45-39-24-53(41-15-16-43(55)49-46(41)56)47(57)37(39)13-14-40(45)52/h2-6,8-9,11-14,19-20,29,33,35,41,44,54H,7,10,15-18,21-28H2,1H3,(H,49,55,56)/t29?,33-,35-,41+,44+/m1/s1. The largest absolute Gasteiger partial charge is 0.508 e. The molecular weight excluding hydrogens is 759 g/mol. The number of nitrogens with zero attached hydrogens (tertiary/aromatic N) is 4. The maximum Gasteiger partial charge on any atom is 0.255 e. The molecule has 12 heteroatoms. The van der Waals surface area contributed by atoms with Crippen LogP contribution >= 0.6 is 0 Å². The Labute approximate surface area is 350 Å². The maximum atomic E-state index is 13.4. The lowest BCUT2D eigenvalue weighted by molar-refractivity contribution is -0.136. The number of hydrogen-bond acceptors (Lipinski definition) is 10. The molecule has 4 saturated heterocycles. The molecular formula is C48H51N5O7. The lowest BCUT2D eigenvalue weighted by Crippen LogP contribution is -2.62. The molecule has 0 saturated carbocycles. The van der Waals surface area contributed by atoms with Crippen molar-refractivity contribution in [1.82, 2.24) is 15.1 Å². The summed E-state index contributed by atoms with van der Waals surface area (Å²) in [6.07, 6.45) is 3.54. The number of piperidine rings is 1. The summed E-state index contributed by atoms with van der Waals surface area (Å²) in [7, 11) is 1.77. The Morgan fingerprint density at radius 3 is 2.58 bits per heavy atom. The summed E-state index contributed by atoms with van der Waals surface area (Å²) in [5, 5.41) is 12.7. The van der Waals surface area contributed by atoms with Gasteiger partial charge in [0.2, 0.25) is 11.8 Å². The number of rotatable bonds is 7. The minimum Gasteiger partial charge on any atom is -0.508 e. The Kier molecular flexibility index (Phi) is 9.07. The second-order valence-corrected chi connectivity index (χ2v) is 18.0. The van der Waals surface area contributed by atoms with E-state index in [0.717, 1.165) is 93.6 Å². The summed E-state index contributed by atoms with van der Waals surface area (Å²) in [6, 6.07) is 26.8. The Morgan fingerprint density at radius 2 is 1.75 bits per heavy atom. The average molecular weight is 810 g/mol. The Balaban J connectivity index is 0.726. The van der Waals surface area contributed by atoms with Crippen LogP contribution in [0.5, 0.6) is 17.2 Å². The quantitative estimate of drug-likeness (QED) is 0.241. The number of fused-ring (bicyclic) bond motifs is 6. The van der Waals surface area contributed by atoms with Gasteiger partial charge in [0.25, 0.3) is 5.91 Å². The van der Waals surface area contributed by atoms with E-state index in [2.05, 4.69) is 74.6 Å². The maximum absolute atomic E-state index is 13.4. The van der Waals surface area contributed by atoms with Crippen LogP contribution in [0, 0.1) is 5.92 Å². The van der Waals surface area contributed by atoms with Crippen LogP contribution in [-0.2, 0) is 27.3 Å². The van der Waals surface area contributed by atoms with Crippen LogP contribution < -0.4 is 24.6 Å². The van der Waals surface area contributed by atoms with E-state index in [-0.39, 0.29) is 35.8 Å². The van der Waals surface area contributed by atoms with Gasteiger partial charge in [-0.1, -0.05) is 42.5 Å². The number of phenolic OH excluding ortho intramolecular Hbond substituents is 1. The summed E-state index contributed by atoms with van der Waals surface area (Å²) in [5.41, 5.74) is 8.44. The van der Waals surface area contributed by atoms with E-state index in [1.54, 1.807) is 12.0 Å². The third kappa shape index (κ3) is 6.29. The number of carbonyl (C=O) groups is 3. The number of phenols is 1. The summed E-state index contributed by atoms with van der Waals surface area (Å²) in [6.45, 7) is 7.04. The Hall–Kier alpha value is -5.59. The highest BCUT2D eigenvalue weighted by Crippen LogP contribution is 2.51. The molecule has 6 heterocycles. The number of nitrogens with one attached hydrogen (secondary N) is 1. The molecule has 1 aliphatic carbocycles. The number of ether oxygens (including phenoxy) is 3. The van der Waals surface area contributed by atoms with Crippen LogP contribution in [0.25, 0.3) is 0 Å². The highest BCUT2D eigenvalue weighted by Gasteiger charge is 2.51. The second kappa shape index (κ2) is 14.6. The third-order valence-corrected chi connectivity index (χ3v) is 14.4. The summed E-state index contributed by atoms with van der Waals surface area (Å²) in [5.74, 6) is 1.97. The fourth-order valence-corrected chi connectivity index (χ4v) is 11.6. The van der Waals surface area contributed by atoms with Gasteiger partial charge in [-0.05, 0) is 84.5 Å². The van der Waals surface area contributed by atoms with Crippen molar-refractivity contribution < 1.29 is 33.7 Å². The van der Waals surface area contributed by atoms with E-state index in [1.807, 2.05) is 24.3 Å². The van der Waals surface area contributed by atoms with Gasteiger partial charge in [0.05, 0.1) is 32.0 Å². The van der Waals surface area contributed by atoms with Gasteiger partial charge < -0.3 is 34.0 Å². The van der Waals surface area contributed by atoms with Gasteiger partial charge in [-0.3, -0.25) is 24.6 Å². The van der Waals surface area contributed by atoms with Gasteiger partial charge in [-0.2, -0.15) is 0 Å². The highest BCUT2D eigenvalue weighted by molar-refractivity contribution is 6.06. The third-order valence-electron chi connectivity index (χ3n) is 14.4. The fraction of sp³-hybridized carbons (Fsp3) is 0.438. The van der Waals surface area contributed by atoms with Gasteiger partial charge in [-0.15, -0.1) is 0 Å². The number of aromatic hydroxyl groups is 1. The molecule has 5 atom stereocenters. The Morgan fingerprint density at radius 1 is 0.900 bits per heavy atom. The number of carbonyl (C=O) groups excluding carboxylic acids is 3. The summed E-state index contributed by atoms with van der Waals surface area (Å²) >= 11 is 0. The fourth-order valence-electron chi connectivity index (χ4n) is 11.6. The molecule has 1 unspecified atom stereocenters. The number of hydrogen-bond donors (Lipinski definition) is 2. The predicted molar refractivity (Wildman–Crippen MR) is 225 cm³/mol. The highest BCUT2D eigenvalue weighted by atomic mass is 16.5. The molecule has 0 aromatic heterocycles. The number of aryl methyl sites for hydroxylation is 1. The van der Waals surface area contributed by atoms with E-state index in [0.29, 0.717) is 42.7 Å². The molecule has 6 aliphatic heterocycles. The van der Waals surface area contributed by atoms with Crippen molar-refractivity contribution in [3.05, 3.63) is 112 Å². The molecule has 7 aliphatic rings. The van der Waals surface area contributed by atoms with Crippen LogP contribution in [-0.4, -0.2) is 110 Å². The van der Waals surface area contributed by atoms with Gasteiger partial charge in [0.15, 0.2) is 0 Å². The topological polar surface area (TPSA) is 124 Å². The number of piperazine rings is 1. The molecule has 2 N–H and O–H groups in total. The van der Waals surface area contributed by atoms with E-state index in [4.69, 9.17) is 14.2 Å². The van der Waals surface area contributed by atoms with Gasteiger partial charge in [0.1, 0.15) is 35.5 Å². The van der Waals surface area contributed by atoms with Gasteiger partial charge >= 0.3 is 0 Å². The number of amides is 3. The lowest BCUT2D eigenvalue weighted by Gasteiger charge is -2.49. The Bertz CT molecular complexity index is 2380. The molecule has 310 valence electrons. The molecule has 12 nitrogen and oxygen atoms in total. The first-order chi connectivity index (χ1) is 29.2. The van der Waals surface area contributed by atoms with Crippen molar-refractivity contribution in [2.24, 2.45) is 5.92 Å². The van der Waals surface area contributed by atoms with Crippen molar-refractivity contribution in [3.63, 3.8) is 0 Å². The first-order valence-corrected chi connectivity index (χ1v) is 21.6. The SMILES string of the molecule is COc1cc(N2CC3(CC(CN4CCN5c6ccc7c(c6OC[C@H]5C4)CN([C@H]4CCC(=O)NC4=O)C7=O)CO3)C2)ccc1[C@@H]1c2ccc(O)cc2CC[C@@H]1c1ccccc1. The summed E-state index contributed by atoms with van der Waals surface area (Å²) < 4.78 is 19.2. The van der Waals surface area contributed by atoms with Crippen LogP contribution in [0.2, 0.25) is 0 Å². The number of methoxy groups -OCH3 is 1. The minimum atomic E-state index is -0.646. The van der Waals surface area contributed by atoms with Crippen LogP contribution in [0.3, 0.4) is 0 Å². The second-order valence-electron chi connectivity index (χ2n) is 18.0. The molecule has 11 rings (SSSR count). The molecule has 0 bridgehead atoms.